The molecule has 1 heterocycles. The maximum Gasteiger partial charge on any atom is 0.420 e. The van der Waals surface area contributed by atoms with Gasteiger partial charge in [0, 0.05) is 0 Å². The van der Waals surface area contributed by atoms with Gasteiger partial charge in [0.25, 0.3) is 0 Å². The Morgan fingerprint density at radius 1 is 1.60 bits per heavy atom. The number of hydrogen-bond acceptors (Lipinski definition) is 5. The number of hydrogen-bond donors (Lipinski definition) is 1. The first-order valence-corrected chi connectivity index (χ1v) is 4.38. The van der Waals surface area contributed by atoms with Gasteiger partial charge in [0.15, 0.2) is 6.04 Å². The summed E-state index contributed by atoms with van der Waals surface area (Å²) >= 11 is 0. The average Bonchev–Trinajstić information content (AvgIpc) is 2.41. The Labute approximate surface area is 85.6 Å². The maximum atomic E-state index is 11.3. The number of amides is 2. The van der Waals surface area contributed by atoms with Crippen LogP contribution >= 0.6 is 0 Å². The highest BCUT2D eigenvalue weighted by Gasteiger charge is 2.48. The van der Waals surface area contributed by atoms with Crippen LogP contribution in [0.3, 0.4) is 0 Å². The number of carboxylic acids is 1. The van der Waals surface area contributed by atoms with Crippen LogP contribution in [0.5, 0.6) is 0 Å². The molecular weight excluding hydrogens is 206 g/mol. The van der Waals surface area contributed by atoms with Crippen molar-refractivity contribution >= 4 is 18.2 Å². The molecule has 15 heavy (non-hydrogen) atoms. The average molecular weight is 217 g/mol. The lowest BCUT2D eigenvalue weighted by Gasteiger charge is -2.16. The van der Waals surface area contributed by atoms with E-state index in [1.165, 1.54) is 6.92 Å². The zero-order valence-electron chi connectivity index (χ0n) is 8.30. The molecule has 0 aliphatic carbocycles. The molecule has 1 N–H and O–H groups in total. The zero-order chi connectivity index (χ0) is 11.6. The number of rotatable bonds is 2. The fourth-order valence-electron chi connectivity index (χ4n) is 1.30. The summed E-state index contributed by atoms with van der Waals surface area (Å²) < 4.78 is 9.17. The maximum absolute atomic E-state index is 11.3. The molecule has 7 heteroatoms. The molecule has 1 rings (SSSR count). The molecular formula is C8H11NO6. The van der Waals surface area contributed by atoms with Crippen molar-refractivity contribution in [1.29, 1.82) is 0 Å². The highest BCUT2D eigenvalue weighted by Crippen LogP contribution is 2.20. The molecule has 2 amide bonds. The number of carbonyl (C=O) groups is 3. The molecule has 1 aliphatic rings. The minimum absolute atomic E-state index is 0.0589. The molecule has 0 spiro atoms. The van der Waals surface area contributed by atoms with Crippen molar-refractivity contribution < 1.29 is 29.0 Å². The van der Waals surface area contributed by atoms with Gasteiger partial charge in [0.05, 0.1) is 6.61 Å². The van der Waals surface area contributed by atoms with Crippen LogP contribution in [0.4, 0.5) is 9.59 Å². The minimum Gasteiger partial charge on any atom is -0.480 e. The van der Waals surface area contributed by atoms with E-state index in [1.54, 1.807) is 6.92 Å². The second-order valence-electron chi connectivity index (χ2n) is 2.94. The van der Waals surface area contributed by atoms with E-state index in [0.29, 0.717) is 4.90 Å². The van der Waals surface area contributed by atoms with Crippen molar-refractivity contribution in [3.05, 3.63) is 0 Å². The normalized spacial score (nSPS) is 24.9. The molecule has 0 saturated carbocycles. The van der Waals surface area contributed by atoms with Gasteiger partial charge in [0.2, 0.25) is 0 Å². The smallest absolute Gasteiger partial charge is 0.420 e. The third-order valence-electron chi connectivity index (χ3n) is 1.92. The molecule has 7 nitrogen and oxygen atoms in total. The van der Waals surface area contributed by atoms with Gasteiger partial charge in [-0.3, -0.25) is 0 Å². The van der Waals surface area contributed by atoms with Crippen molar-refractivity contribution in [2.24, 2.45) is 0 Å². The fraction of sp³-hybridized carbons (Fsp3) is 0.625. The van der Waals surface area contributed by atoms with E-state index in [1.807, 2.05) is 0 Å². The van der Waals surface area contributed by atoms with Crippen LogP contribution in [0.25, 0.3) is 0 Å². The second kappa shape index (κ2) is 4.16. The van der Waals surface area contributed by atoms with Crippen molar-refractivity contribution in [1.82, 2.24) is 4.90 Å². The van der Waals surface area contributed by atoms with Gasteiger partial charge in [0.1, 0.15) is 6.10 Å². The number of aliphatic carboxylic acids is 1. The Bertz CT molecular complexity index is 302. The number of imide groups is 1. The number of ether oxygens (including phenoxy) is 2. The third kappa shape index (κ3) is 2.00. The predicted octanol–water partition coefficient (Wildman–Crippen LogP) is 0.437. The molecule has 0 radical (unpaired) electrons. The summed E-state index contributed by atoms with van der Waals surface area (Å²) in [6, 6.07) is -1.32. The lowest BCUT2D eigenvalue weighted by Crippen LogP contribution is -2.45. The topological polar surface area (TPSA) is 93.1 Å². The molecule has 0 aromatic rings. The lowest BCUT2D eigenvalue weighted by molar-refractivity contribution is -0.142. The Kier molecular flexibility index (Phi) is 3.13. The molecule has 0 bridgehead atoms. The van der Waals surface area contributed by atoms with E-state index in [-0.39, 0.29) is 6.61 Å². The van der Waals surface area contributed by atoms with Crippen molar-refractivity contribution in [2.45, 2.75) is 26.0 Å². The second-order valence-corrected chi connectivity index (χ2v) is 2.94. The number of carbonyl (C=O) groups excluding carboxylic acids is 2. The van der Waals surface area contributed by atoms with Gasteiger partial charge in [-0.05, 0) is 13.8 Å². The fourth-order valence-corrected chi connectivity index (χ4v) is 1.30. The van der Waals surface area contributed by atoms with E-state index >= 15 is 0 Å². The Morgan fingerprint density at radius 2 is 2.20 bits per heavy atom. The van der Waals surface area contributed by atoms with E-state index in [4.69, 9.17) is 5.11 Å². The van der Waals surface area contributed by atoms with E-state index in [0.717, 1.165) is 0 Å². The van der Waals surface area contributed by atoms with Crippen molar-refractivity contribution in [2.75, 3.05) is 6.61 Å². The van der Waals surface area contributed by atoms with E-state index in [2.05, 4.69) is 9.47 Å². The summed E-state index contributed by atoms with van der Waals surface area (Å²) in [6.45, 7) is 3.01. The third-order valence-corrected chi connectivity index (χ3v) is 1.92. The summed E-state index contributed by atoms with van der Waals surface area (Å²) in [7, 11) is 0. The van der Waals surface area contributed by atoms with Crippen LogP contribution in [-0.2, 0) is 14.3 Å². The largest absolute Gasteiger partial charge is 0.480 e. The monoisotopic (exact) mass is 217 g/mol. The van der Waals surface area contributed by atoms with Crippen LogP contribution in [0.1, 0.15) is 13.8 Å². The highest BCUT2D eigenvalue weighted by atomic mass is 16.6. The summed E-state index contributed by atoms with van der Waals surface area (Å²) in [6.07, 6.45) is -2.87. The molecule has 84 valence electrons. The molecule has 0 aromatic heterocycles. The number of nitrogens with zero attached hydrogens (tertiary/aromatic N) is 1. The summed E-state index contributed by atoms with van der Waals surface area (Å²) in [5.74, 6) is -1.30. The SMILES string of the molecule is CCOC(=O)N1C(=O)OC(C)C1C(=O)O. The first-order valence-electron chi connectivity index (χ1n) is 4.38. The van der Waals surface area contributed by atoms with Gasteiger partial charge in [-0.1, -0.05) is 0 Å². The summed E-state index contributed by atoms with van der Waals surface area (Å²) in [5, 5.41) is 8.81. The molecule has 0 aromatic carbocycles. The quantitative estimate of drug-likeness (QED) is 0.721. The van der Waals surface area contributed by atoms with Crippen LogP contribution in [0.2, 0.25) is 0 Å². The Balaban J connectivity index is 2.88. The first-order chi connectivity index (χ1) is 6.99. The predicted molar refractivity (Wildman–Crippen MR) is 46.2 cm³/mol. The van der Waals surface area contributed by atoms with Gasteiger partial charge < -0.3 is 14.6 Å². The molecule has 2 unspecified atom stereocenters. The van der Waals surface area contributed by atoms with Crippen LogP contribution in [0.15, 0.2) is 0 Å². The van der Waals surface area contributed by atoms with Crippen molar-refractivity contribution in [3.8, 4) is 0 Å². The van der Waals surface area contributed by atoms with Gasteiger partial charge in [-0.2, -0.15) is 4.90 Å². The Morgan fingerprint density at radius 3 is 2.67 bits per heavy atom. The van der Waals surface area contributed by atoms with Crippen LogP contribution < -0.4 is 0 Å². The highest BCUT2D eigenvalue weighted by molar-refractivity contribution is 5.95. The van der Waals surface area contributed by atoms with Gasteiger partial charge >= 0.3 is 18.2 Å². The number of carboxylic acid groups (broad SMARTS) is 1. The molecule has 2 atom stereocenters. The first kappa shape index (κ1) is 11.3. The van der Waals surface area contributed by atoms with E-state index in [9.17, 15) is 14.4 Å². The Hall–Kier alpha value is -1.79. The zero-order valence-corrected chi connectivity index (χ0v) is 8.30. The minimum atomic E-state index is -1.32. The standard InChI is InChI=1S/C8H11NO6/c1-3-14-7(12)9-5(6(10)11)4(2)15-8(9)13/h4-5H,3H2,1-2H3,(H,10,11). The summed E-state index contributed by atoms with van der Waals surface area (Å²) in [4.78, 5) is 33.7. The van der Waals surface area contributed by atoms with Crippen LogP contribution in [-0.4, -0.2) is 46.9 Å². The van der Waals surface area contributed by atoms with Crippen molar-refractivity contribution in [3.63, 3.8) is 0 Å². The lowest BCUT2D eigenvalue weighted by atomic mass is 10.2. The molecule has 1 aliphatic heterocycles. The molecule has 1 fully saturated rings. The van der Waals surface area contributed by atoms with Gasteiger partial charge in [-0.15, -0.1) is 0 Å². The van der Waals surface area contributed by atoms with Gasteiger partial charge in [-0.25, -0.2) is 14.4 Å². The summed E-state index contributed by atoms with van der Waals surface area (Å²) in [5.41, 5.74) is 0. The number of cyclic esters (lactones) is 1. The van der Waals surface area contributed by atoms with Crippen LogP contribution in [0, 0.1) is 0 Å². The van der Waals surface area contributed by atoms with E-state index < -0.39 is 30.3 Å². The molecule has 1 saturated heterocycles.